The SMILES string of the molecule is CCN(CCSCCCF)C(=O)/C(C#N)=C/c1cc(O)c(O)c([N+](=O)[O-])c1. The molecule has 2 N–H and O–H groups in total. The number of rotatable bonds is 10. The molecule has 0 atom stereocenters. The zero-order valence-electron chi connectivity index (χ0n) is 14.7. The monoisotopic (exact) mass is 397 g/mol. The van der Waals surface area contributed by atoms with Gasteiger partial charge in [0.05, 0.1) is 11.6 Å². The van der Waals surface area contributed by atoms with E-state index in [9.17, 15) is 34.8 Å². The number of benzene rings is 1. The lowest BCUT2D eigenvalue weighted by atomic mass is 10.1. The van der Waals surface area contributed by atoms with Gasteiger partial charge in [0.1, 0.15) is 11.6 Å². The molecule has 1 amide bonds. The smallest absolute Gasteiger partial charge is 0.315 e. The zero-order chi connectivity index (χ0) is 20.4. The Labute approximate surface area is 160 Å². The van der Waals surface area contributed by atoms with Crippen molar-refractivity contribution in [1.82, 2.24) is 4.90 Å². The topological polar surface area (TPSA) is 128 Å². The number of nitriles is 1. The first-order valence-corrected chi connectivity index (χ1v) is 9.26. The molecule has 10 heteroatoms. The molecular formula is C17H20FN3O5S. The summed E-state index contributed by atoms with van der Waals surface area (Å²) in [6.45, 7) is 2.07. The molecule has 0 bridgehead atoms. The maximum atomic E-state index is 12.5. The van der Waals surface area contributed by atoms with E-state index < -0.39 is 34.7 Å². The predicted molar refractivity (Wildman–Crippen MR) is 100 cm³/mol. The Morgan fingerprint density at radius 1 is 1.44 bits per heavy atom. The van der Waals surface area contributed by atoms with Crippen LogP contribution in [0.15, 0.2) is 17.7 Å². The number of amides is 1. The molecule has 0 aliphatic heterocycles. The van der Waals surface area contributed by atoms with Crippen LogP contribution in [0.1, 0.15) is 18.9 Å². The summed E-state index contributed by atoms with van der Waals surface area (Å²) in [5.74, 6) is -0.941. The Morgan fingerprint density at radius 3 is 2.70 bits per heavy atom. The first kappa shape index (κ1) is 22.2. The Morgan fingerprint density at radius 2 is 2.15 bits per heavy atom. The van der Waals surface area contributed by atoms with Crippen LogP contribution in [0.5, 0.6) is 11.5 Å². The highest BCUT2D eigenvalue weighted by molar-refractivity contribution is 7.99. The fourth-order valence-corrected chi connectivity index (χ4v) is 3.03. The van der Waals surface area contributed by atoms with E-state index in [0.717, 1.165) is 18.2 Å². The molecule has 1 aromatic carbocycles. The lowest BCUT2D eigenvalue weighted by Crippen LogP contribution is -2.33. The average Bonchev–Trinajstić information content (AvgIpc) is 2.64. The van der Waals surface area contributed by atoms with Crippen LogP contribution in [0.2, 0.25) is 0 Å². The van der Waals surface area contributed by atoms with E-state index in [0.29, 0.717) is 31.0 Å². The predicted octanol–water partition coefficient (Wildman–Crippen LogP) is 2.85. The van der Waals surface area contributed by atoms with Gasteiger partial charge in [-0.15, -0.1) is 0 Å². The summed E-state index contributed by atoms with van der Waals surface area (Å²) < 4.78 is 12.1. The number of likely N-dealkylation sites (N-methyl/N-ethyl adjacent to an activating group) is 1. The van der Waals surface area contributed by atoms with Crippen LogP contribution >= 0.6 is 11.8 Å². The maximum Gasteiger partial charge on any atom is 0.315 e. The molecule has 1 aromatic rings. The van der Waals surface area contributed by atoms with E-state index in [1.54, 1.807) is 13.0 Å². The van der Waals surface area contributed by atoms with Crippen LogP contribution in [0.4, 0.5) is 10.1 Å². The van der Waals surface area contributed by atoms with Gasteiger partial charge in [-0.2, -0.15) is 17.0 Å². The second-order valence-electron chi connectivity index (χ2n) is 5.37. The summed E-state index contributed by atoms with van der Waals surface area (Å²) in [7, 11) is 0. The first-order valence-electron chi connectivity index (χ1n) is 8.10. The number of phenols is 2. The van der Waals surface area contributed by atoms with Gasteiger partial charge in [-0.05, 0) is 36.8 Å². The minimum Gasteiger partial charge on any atom is -0.504 e. The molecule has 0 spiro atoms. The quantitative estimate of drug-likeness (QED) is 0.155. The largest absolute Gasteiger partial charge is 0.504 e. The van der Waals surface area contributed by atoms with Crippen molar-refractivity contribution in [3.05, 3.63) is 33.4 Å². The molecule has 1 rings (SSSR count). The molecule has 0 aliphatic rings. The van der Waals surface area contributed by atoms with Crippen molar-refractivity contribution in [2.24, 2.45) is 0 Å². The van der Waals surface area contributed by atoms with Gasteiger partial charge in [0.25, 0.3) is 5.91 Å². The second-order valence-corrected chi connectivity index (χ2v) is 6.60. The van der Waals surface area contributed by atoms with Crippen LogP contribution in [0, 0.1) is 21.4 Å². The zero-order valence-corrected chi connectivity index (χ0v) is 15.5. The lowest BCUT2D eigenvalue weighted by molar-refractivity contribution is -0.386. The van der Waals surface area contributed by atoms with Gasteiger partial charge in [-0.3, -0.25) is 19.3 Å². The van der Waals surface area contributed by atoms with Gasteiger partial charge in [-0.1, -0.05) is 0 Å². The average molecular weight is 397 g/mol. The summed E-state index contributed by atoms with van der Waals surface area (Å²) in [6, 6.07) is 3.74. The van der Waals surface area contributed by atoms with Gasteiger partial charge in [0.15, 0.2) is 5.75 Å². The number of aromatic hydroxyl groups is 2. The Kier molecular flexibility index (Phi) is 9.08. The van der Waals surface area contributed by atoms with Crippen molar-refractivity contribution in [2.75, 3.05) is 31.3 Å². The Hall–Kier alpha value is -2.80. The highest BCUT2D eigenvalue weighted by Crippen LogP contribution is 2.36. The number of alkyl halides is 1. The minimum absolute atomic E-state index is 0.0373. The summed E-state index contributed by atoms with van der Waals surface area (Å²) in [6.07, 6.45) is 1.56. The van der Waals surface area contributed by atoms with Crippen molar-refractivity contribution in [1.29, 1.82) is 5.26 Å². The van der Waals surface area contributed by atoms with Gasteiger partial charge in [-0.25, -0.2) is 0 Å². The number of hydrogen-bond donors (Lipinski definition) is 2. The fourth-order valence-electron chi connectivity index (χ4n) is 2.16. The number of nitrogens with zero attached hydrogens (tertiary/aromatic N) is 3. The van der Waals surface area contributed by atoms with Gasteiger partial charge in [0, 0.05) is 24.9 Å². The molecular weight excluding hydrogens is 377 g/mol. The summed E-state index contributed by atoms with van der Waals surface area (Å²) in [5.41, 5.74) is -0.956. The third-order valence-electron chi connectivity index (χ3n) is 3.55. The molecule has 0 aromatic heterocycles. The van der Waals surface area contributed by atoms with Crippen molar-refractivity contribution in [2.45, 2.75) is 13.3 Å². The van der Waals surface area contributed by atoms with Crippen LogP contribution in [0.25, 0.3) is 6.08 Å². The van der Waals surface area contributed by atoms with Gasteiger partial charge in [0.2, 0.25) is 5.75 Å². The number of phenolic OH excluding ortho intramolecular Hbond substituents is 2. The van der Waals surface area contributed by atoms with E-state index in [4.69, 9.17) is 0 Å². The first-order chi connectivity index (χ1) is 12.8. The van der Waals surface area contributed by atoms with Gasteiger partial charge >= 0.3 is 5.69 Å². The number of hydrogen-bond acceptors (Lipinski definition) is 7. The number of carbonyl (C=O) groups excluding carboxylic acids is 1. The van der Waals surface area contributed by atoms with E-state index >= 15 is 0 Å². The molecule has 0 saturated carbocycles. The Bertz CT molecular complexity index is 764. The van der Waals surface area contributed by atoms with Crippen LogP contribution in [-0.2, 0) is 4.79 Å². The van der Waals surface area contributed by atoms with Crippen molar-refractivity contribution in [3.8, 4) is 17.6 Å². The molecule has 0 heterocycles. The molecule has 0 fully saturated rings. The standard InChI is InChI=1S/C17H20FN3O5S/c1-2-20(5-7-27-6-3-4-18)17(24)13(11-19)8-12-9-14(21(25)26)16(23)15(22)10-12/h8-10,22-23H,2-7H2,1H3/b13-8+. The number of nitro groups is 1. The molecule has 0 unspecified atom stereocenters. The molecule has 27 heavy (non-hydrogen) atoms. The highest BCUT2D eigenvalue weighted by Gasteiger charge is 2.21. The molecule has 0 saturated heterocycles. The third kappa shape index (κ3) is 6.45. The van der Waals surface area contributed by atoms with E-state index in [1.807, 2.05) is 0 Å². The highest BCUT2D eigenvalue weighted by atomic mass is 32.2. The minimum atomic E-state index is -0.887. The summed E-state index contributed by atoms with van der Waals surface area (Å²) in [5, 5.41) is 39.3. The van der Waals surface area contributed by atoms with Gasteiger partial charge < -0.3 is 15.1 Å². The van der Waals surface area contributed by atoms with Crippen LogP contribution in [0.3, 0.4) is 0 Å². The van der Waals surface area contributed by atoms with Crippen LogP contribution < -0.4 is 0 Å². The molecule has 0 aliphatic carbocycles. The van der Waals surface area contributed by atoms with Crippen molar-refractivity contribution in [3.63, 3.8) is 0 Å². The summed E-state index contributed by atoms with van der Waals surface area (Å²) in [4.78, 5) is 24.0. The fraction of sp³-hybridized carbons (Fsp3) is 0.412. The second kappa shape index (κ2) is 11.0. The van der Waals surface area contributed by atoms with Crippen molar-refractivity contribution >= 4 is 29.4 Å². The number of carbonyl (C=O) groups is 1. The molecule has 8 nitrogen and oxygen atoms in total. The molecule has 0 radical (unpaired) electrons. The van der Waals surface area contributed by atoms with E-state index in [1.165, 1.54) is 16.7 Å². The van der Waals surface area contributed by atoms with Crippen LogP contribution in [-0.4, -0.2) is 57.2 Å². The van der Waals surface area contributed by atoms with E-state index in [-0.39, 0.29) is 11.1 Å². The number of nitro benzene ring substituents is 1. The third-order valence-corrected chi connectivity index (χ3v) is 4.60. The number of halogens is 1. The van der Waals surface area contributed by atoms with Crippen molar-refractivity contribution < 1.29 is 24.3 Å². The molecule has 146 valence electrons. The normalized spacial score (nSPS) is 11.1. The maximum absolute atomic E-state index is 12.5. The van der Waals surface area contributed by atoms with E-state index in [2.05, 4.69) is 0 Å². The number of thioether (sulfide) groups is 1. The Balaban J connectivity index is 3.00. The lowest BCUT2D eigenvalue weighted by Gasteiger charge is -2.20. The summed E-state index contributed by atoms with van der Waals surface area (Å²) >= 11 is 1.50.